The number of carbonyl (C=O) groups excluding carboxylic acids is 1. The van der Waals surface area contributed by atoms with Crippen molar-refractivity contribution in [3.8, 4) is 0 Å². The van der Waals surface area contributed by atoms with Gasteiger partial charge in [0.1, 0.15) is 0 Å². The molecule has 0 bridgehead atoms. The minimum Gasteiger partial charge on any atom is -0.396 e. The van der Waals surface area contributed by atoms with Gasteiger partial charge in [-0.15, -0.1) is 0 Å². The third-order valence-electron chi connectivity index (χ3n) is 2.05. The van der Waals surface area contributed by atoms with Crippen LogP contribution in [-0.4, -0.2) is 29.1 Å². The fraction of sp³-hybridized carbons (Fsp3) is 0.455. The second-order valence-electron chi connectivity index (χ2n) is 3.28. The van der Waals surface area contributed by atoms with Gasteiger partial charge in [-0.2, -0.15) is 0 Å². The normalized spacial score (nSPS) is 9.93. The second kappa shape index (κ2) is 6.95. The Kier molecular flexibility index (Phi) is 5.40. The predicted octanol–water partition coefficient (Wildman–Crippen LogP) is 0.513. The van der Waals surface area contributed by atoms with Crippen molar-refractivity contribution in [3.05, 3.63) is 30.1 Å². The zero-order chi connectivity index (χ0) is 10.9. The molecule has 0 aromatic carbocycles. The SMILES string of the molecule is O=C(CCCO)NCCc1ccncc1. The molecule has 1 rings (SSSR count). The van der Waals surface area contributed by atoms with Crippen LogP contribution >= 0.6 is 0 Å². The Bertz CT molecular complexity index is 288. The molecular formula is C11H16N2O2. The molecule has 0 aliphatic carbocycles. The molecule has 0 saturated carbocycles. The first kappa shape index (κ1) is 11.7. The Morgan fingerprint density at radius 1 is 1.40 bits per heavy atom. The molecule has 0 aliphatic heterocycles. The van der Waals surface area contributed by atoms with Gasteiger partial charge in [0.25, 0.3) is 0 Å². The Hall–Kier alpha value is -1.42. The average molecular weight is 208 g/mol. The molecule has 1 aromatic rings. The highest BCUT2D eigenvalue weighted by Gasteiger charge is 1.99. The van der Waals surface area contributed by atoms with Crippen molar-refractivity contribution in [1.29, 1.82) is 0 Å². The Balaban J connectivity index is 2.14. The maximum Gasteiger partial charge on any atom is 0.220 e. The van der Waals surface area contributed by atoms with Gasteiger partial charge in [0.05, 0.1) is 0 Å². The van der Waals surface area contributed by atoms with E-state index < -0.39 is 0 Å². The van der Waals surface area contributed by atoms with Crippen molar-refractivity contribution in [2.45, 2.75) is 19.3 Å². The number of hydrogen-bond donors (Lipinski definition) is 2. The van der Waals surface area contributed by atoms with E-state index >= 15 is 0 Å². The summed E-state index contributed by atoms with van der Waals surface area (Å²) >= 11 is 0. The largest absolute Gasteiger partial charge is 0.396 e. The van der Waals surface area contributed by atoms with Crippen LogP contribution in [0.1, 0.15) is 18.4 Å². The lowest BCUT2D eigenvalue weighted by Gasteiger charge is -2.04. The fourth-order valence-corrected chi connectivity index (χ4v) is 1.22. The quantitative estimate of drug-likeness (QED) is 0.716. The Morgan fingerprint density at radius 2 is 2.13 bits per heavy atom. The minimum absolute atomic E-state index is 0.00175. The van der Waals surface area contributed by atoms with Crippen molar-refractivity contribution in [2.24, 2.45) is 0 Å². The first-order valence-corrected chi connectivity index (χ1v) is 5.09. The van der Waals surface area contributed by atoms with E-state index in [2.05, 4.69) is 10.3 Å². The summed E-state index contributed by atoms with van der Waals surface area (Å²) < 4.78 is 0. The van der Waals surface area contributed by atoms with Crippen molar-refractivity contribution in [2.75, 3.05) is 13.2 Å². The average Bonchev–Trinajstić information content (AvgIpc) is 2.28. The highest BCUT2D eigenvalue weighted by atomic mass is 16.3. The predicted molar refractivity (Wildman–Crippen MR) is 57.3 cm³/mol. The van der Waals surface area contributed by atoms with Gasteiger partial charge in [0.15, 0.2) is 0 Å². The summed E-state index contributed by atoms with van der Waals surface area (Å²) in [6.07, 6.45) is 5.22. The first-order valence-electron chi connectivity index (χ1n) is 5.09. The van der Waals surface area contributed by atoms with Crippen LogP contribution in [0.15, 0.2) is 24.5 Å². The van der Waals surface area contributed by atoms with Gasteiger partial charge in [-0.3, -0.25) is 9.78 Å². The number of nitrogens with one attached hydrogen (secondary N) is 1. The second-order valence-corrected chi connectivity index (χ2v) is 3.28. The van der Waals surface area contributed by atoms with Gasteiger partial charge in [-0.1, -0.05) is 0 Å². The molecule has 0 saturated heterocycles. The zero-order valence-corrected chi connectivity index (χ0v) is 8.65. The van der Waals surface area contributed by atoms with E-state index in [-0.39, 0.29) is 12.5 Å². The summed E-state index contributed by atoms with van der Waals surface area (Å²) in [4.78, 5) is 15.1. The van der Waals surface area contributed by atoms with Gasteiger partial charge in [-0.05, 0) is 30.5 Å². The van der Waals surface area contributed by atoms with E-state index in [1.54, 1.807) is 12.4 Å². The molecule has 0 atom stereocenters. The fourth-order valence-electron chi connectivity index (χ4n) is 1.22. The molecular weight excluding hydrogens is 192 g/mol. The Labute approximate surface area is 89.3 Å². The molecule has 0 spiro atoms. The molecule has 4 heteroatoms. The third-order valence-corrected chi connectivity index (χ3v) is 2.05. The molecule has 1 aromatic heterocycles. The van der Waals surface area contributed by atoms with Crippen LogP contribution < -0.4 is 5.32 Å². The van der Waals surface area contributed by atoms with Crippen LogP contribution in [0.25, 0.3) is 0 Å². The number of pyridine rings is 1. The number of nitrogens with zero attached hydrogens (tertiary/aromatic N) is 1. The van der Waals surface area contributed by atoms with Gasteiger partial charge in [0.2, 0.25) is 5.91 Å². The highest BCUT2D eigenvalue weighted by molar-refractivity contribution is 5.75. The van der Waals surface area contributed by atoms with Crippen LogP contribution in [-0.2, 0) is 11.2 Å². The van der Waals surface area contributed by atoms with E-state index in [9.17, 15) is 4.79 Å². The third kappa shape index (κ3) is 5.12. The van der Waals surface area contributed by atoms with Gasteiger partial charge < -0.3 is 10.4 Å². The lowest BCUT2D eigenvalue weighted by atomic mass is 10.2. The lowest BCUT2D eigenvalue weighted by Crippen LogP contribution is -2.25. The summed E-state index contributed by atoms with van der Waals surface area (Å²) in [7, 11) is 0. The van der Waals surface area contributed by atoms with Crippen LogP contribution in [0.3, 0.4) is 0 Å². The van der Waals surface area contributed by atoms with Gasteiger partial charge in [0, 0.05) is 32.0 Å². The number of amides is 1. The monoisotopic (exact) mass is 208 g/mol. The van der Waals surface area contributed by atoms with Crippen molar-refractivity contribution < 1.29 is 9.90 Å². The van der Waals surface area contributed by atoms with Crippen LogP contribution in [0.5, 0.6) is 0 Å². The molecule has 4 nitrogen and oxygen atoms in total. The molecule has 1 heterocycles. The summed E-state index contributed by atoms with van der Waals surface area (Å²) in [5.41, 5.74) is 1.16. The van der Waals surface area contributed by atoms with Crippen molar-refractivity contribution in [3.63, 3.8) is 0 Å². The number of aliphatic hydroxyl groups excluding tert-OH is 1. The summed E-state index contributed by atoms with van der Waals surface area (Å²) in [6.45, 7) is 0.700. The van der Waals surface area contributed by atoms with Crippen molar-refractivity contribution in [1.82, 2.24) is 10.3 Å². The number of aromatic nitrogens is 1. The van der Waals surface area contributed by atoms with E-state index in [4.69, 9.17) is 5.11 Å². The summed E-state index contributed by atoms with van der Waals surface area (Å²) in [5, 5.41) is 11.3. The standard InChI is InChI=1S/C11H16N2O2/c14-9-1-2-11(15)13-8-5-10-3-6-12-7-4-10/h3-4,6-7,14H,1-2,5,8-9H2,(H,13,15). The highest BCUT2D eigenvalue weighted by Crippen LogP contribution is 1.96. The molecule has 15 heavy (non-hydrogen) atoms. The maximum absolute atomic E-state index is 11.2. The molecule has 82 valence electrons. The van der Waals surface area contributed by atoms with Crippen LogP contribution in [0.2, 0.25) is 0 Å². The number of aliphatic hydroxyl groups is 1. The van der Waals surface area contributed by atoms with E-state index in [0.717, 1.165) is 12.0 Å². The molecule has 0 aliphatic rings. The lowest BCUT2D eigenvalue weighted by molar-refractivity contribution is -0.121. The zero-order valence-electron chi connectivity index (χ0n) is 8.65. The molecule has 1 amide bonds. The summed E-state index contributed by atoms with van der Waals surface area (Å²) in [6, 6.07) is 3.86. The smallest absolute Gasteiger partial charge is 0.220 e. The molecule has 0 radical (unpaired) electrons. The minimum atomic E-state index is -0.00175. The number of carbonyl (C=O) groups is 1. The topological polar surface area (TPSA) is 62.2 Å². The van der Waals surface area contributed by atoms with Crippen molar-refractivity contribution >= 4 is 5.91 Å². The number of rotatable bonds is 6. The first-order chi connectivity index (χ1) is 7.33. The van der Waals surface area contributed by atoms with Crippen LogP contribution in [0, 0.1) is 0 Å². The van der Waals surface area contributed by atoms with Crippen LogP contribution in [0.4, 0.5) is 0 Å². The maximum atomic E-state index is 11.2. The van der Waals surface area contributed by atoms with Gasteiger partial charge in [-0.25, -0.2) is 0 Å². The van der Waals surface area contributed by atoms with E-state index in [1.807, 2.05) is 12.1 Å². The summed E-state index contributed by atoms with van der Waals surface area (Å²) in [5.74, 6) is -0.00175. The van der Waals surface area contributed by atoms with E-state index in [0.29, 0.717) is 19.4 Å². The Morgan fingerprint density at radius 3 is 2.80 bits per heavy atom. The molecule has 0 unspecified atom stereocenters. The van der Waals surface area contributed by atoms with E-state index in [1.165, 1.54) is 0 Å². The van der Waals surface area contributed by atoms with Gasteiger partial charge >= 0.3 is 0 Å². The molecule has 2 N–H and O–H groups in total. The number of hydrogen-bond acceptors (Lipinski definition) is 3. The molecule has 0 fully saturated rings.